The highest BCUT2D eigenvalue weighted by Crippen LogP contribution is 2.09. The molecule has 6 heteroatoms. The lowest BCUT2D eigenvalue weighted by molar-refractivity contribution is 0.0657. The van der Waals surface area contributed by atoms with Crippen LogP contribution in [0.25, 0.3) is 0 Å². The second-order valence-electron chi connectivity index (χ2n) is 5.70. The average molecular weight is 320 g/mol. The molecule has 1 aliphatic rings. The van der Waals surface area contributed by atoms with E-state index in [2.05, 4.69) is 24.1 Å². The van der Waals surface area contributed by atoms with Crippen LogP contribution in [0.3, 0.4) is 0 Å². The predicted octanol–water partition coefficient (Wildman–Crippen LogP) is 2.19. The summed E-state index contributed by atoms with van der Waals surface area (Å²) in [5.74, 6) is 1.35. The molecule has 1 aromatic rings. The van der Waals surface area contributed by atoms with Gasteiger partial charge in [-0.1, -0.05) is 19.8 Å². The molecule has 128 valence electrons. The molecule has 1 fully saturated rings. The highest BCUT2D eigenvalue weighted by Gasteiger charge is 2.24. The Morgan fingerprint density at radius 3 is 2.57 bits per heavy atom. The van der Waals surface area contributed by atoms with Crippen LogP contribution in [0.1, 0.15) is 43.7 Å². The van der Waals surface area contributed by atoms with Crippen molar-refractivity contribution in [2.24, 2.45) is 4.99 Å². The first-order valence-electron chi connectivity index (χ1n) is 8.62. The van der Waals surface area contributed by atoms with Gasteiger partial charge in [-0.25, -0.2) is 0 Å². The van der Waals surface area contributed by atoms with E-state index < -0.39 is 0 Å². The van der Waals surface area contributed by atoms with Crippen molar-refractivity contribution in [1.82, 2.24) is 15.1 Å². The number of hydrogen-bond donors (Lipinski definition) is 1. The minimum absolute atomic E-state index is 0.0282. The SMILES string of the molecule is CCCCCN=C(NCC)N1CCN(C(=O)c2ccco2)CC1. The lowest BCUT2D eigenvalue weighted by atomic mass is 10.2. The van der Waals surface area contributed by atoms with Crippen molar-refractivity contribution in [2.45, 2.75) is 33.1 Å². The monoisotopic (exact) mass is 320 g/mol. The third kappa shape index (κ3) is 5.01. The lowest BCUT2D eigenvalue weighted by Crippen LogP contribution is -2.53. The van der Waals surface area contributed by atoms with E-state index in [4.69, 9.17) is 9.41 Å². The molecule has 1 amide bonds. The van der Waals surface area contributed by atoms with E-state index in [1.165, 1.54) is 19.1 Å². The molecule has 2 heterocycles. The summed E-state index contributed by atoms with van der Waals surface area (Å²) in [6.07, 6.45) is 5.09. The molecule has 0 saturated carbocycles. The molecule has 23 heavy (non-hydrogen) atoms. The molecular weight excluding hydrogens is 292 g/mol. The topological polar surface area (TPSA) is 61.1 Å². The zero-order valence-electron chi connectivity index (χ0n) is 14.3. The number of hydrogen-bond acceptors (Lipinski definition) is 3. The first-order valence-corrected chi connectivity index (χ1v) is 8.62. The number of nitrogens with one attached hydrogen (secondary N) is 1. The van der Waals surface area contributed by atoms with Crippen LogP contribution in [0.2, 0.25) is 0 Å². The largest absolute Gasteiger partial charge is 0.459 e. The molecule has 0 radical (unpaired) electrons. The van der Waals surface area contributed by atoms with Crippen molar-refractivity contribution >= 4 is 11.9 Å². The first kappa shape index (κ1) is 17.4. The number of amides is 1. The Bertz CT molecular complexity index is 491. The van der Waals surface area contributed by atoms with Crippen LogP contribution < -0.4 is 5.32 Å². The van der Waals surface area contributed by atoms with Crippen LogP contribution in [0, 0.1) is 0 Å². The fraction of sp³-hybridized carbons (Fsp3) is 0.647. The molecule has 0 spiro atoms. The maximum atomic E-state index is 12.3. The summed E-state index contributed by atoms with van der Waals surface area (Å²) in [6, 6.07) is 3.46. The van der Waals surface area contributed by atoms with E-state index >= 15 is 0 Å². The molecule has 6 nitrogen and oxygen atoms in total. The van der Waals surface area contributed by atoms with Gasteiger partial charge in [0.2, 0.25) is 0 Å². The Hall–Kier alpha value is -1.98. The van der Waals surface area contributed by atoms with E-state index in [1.54, 1.807) is 12.1 Å². The number of carbonyl (C=O) groups is 1. The van der Waals surface area contributed by atoms with Gasteiger partial charge >= 0.3 is 0 Å². The summed E-state index contributed by atoms with van der Waals surface area (Å²) in [6.45, 7) is 8.98. The van der Waals surface area contributed by atoms with E-state index in [-0.39, 0.29) is 5.91 Å². The van der Waals surface area contributed by atoms with Crippen molar-refractivity contribution in [2.75, 3.05) is 39.3 Å². The number of piperazine rings is 1. The van der Waals surface area contributed by atoms with Crippen molar-refractivity contribution < 1.29 is 9.21 Å². The number of rotatable bonds is 6. The highest BCUT2D eigenvalue weighted by molar-refractivity contribution is 5.91. The van der Waals surface area contributed by atoms with Gasteiger partial charge in [0.05, 0.1) is 6.26 Å². The Labute approximate surface area is 138 Å². The maximum absolute atomic E-state index is 12.3. The molecule has 0 bridgehead atoms. The third-order valence-corrected chi connectivity index (χ3v) is 3.96. The molecule has 0 unspecified atom stereocenters. The zero-order chi connectivity index (χ0) is 16.5. The fourth-order valence-corrected chi connectivity index (χ4v) is 2.65. The van der Waals surface area contributed by atoms with Gasteiger partial charge in [-0.05, 0) is 25.5 Å². The Morgan fingerprint density at radius 1 is 1.22 bits per heavy atom. The molecule has 2 rings (SSSR count). The molecule has 1 N–H and O–H groups in total. The molecule has 0 aromatic carbocycles. The van der Waals surface area contributed by atoms with Crippen molar-refractivity contribution in [3.8, 4) is 0 Å². The summed E-state index contributed by atoms with van der Waals surface area (Å²) in [5, 5.41) is 3.35. The molecule has 0 aliphatic carbocycles. The molecule has 0 atom stereocenters. The first-order chi connectivity index (χ1) is 11.3. The highest BCUT2D eigenvalue weighted by atomic mass is 16.3. The Balaban J connectivity index is 1.86. The molecular formula is C17H28N4O2. The second-order valence-corrected chi connectivity index (χ2v) is 5.70. The summed E-state index contributed by atoms with van der Waals surface area (Å²) >= 11 is 0. The van der Waals surface area contributed by atoms with Gasteiger partial charge in [0.15, 0.2) is 11.7 Å². The van der Waals surface area contributed by atoms with Crippen LogP contribution in [-0.2, 0) is 0 Å². The smallest absolute Gasteiger partial charge is 0.289 e. The normalized spacial score (nSPS) is 15.8. The summed E-state index contributed by atoms with van der Waals surface area (Å²) < 4.78 is 5.20. The van der Waals surface area contributed by atoms with Crippen LogP contribution in [0.5, 0.6) is 0 Å². The number of aliphatic imine (C=N–C) groups is 1. The van der Waals surface area contributed by atoms with E-state index in [0.717, 1.165) is 38.6 Å². The molecule has 1 aliphatic heterocycles. The van der Waals surface area contributed by atoms with E-state index in [0.29, 0.717) is 18.8 Å². The number of unbranched alkanes of at least 4 members (excludes halogenated alkanes) is 2. The van der Waals surface area contributed by atoms with Crippen LogP contribution in [0.4, 0.5) is 0 Å². The molecule has 1 aromatic heterocycles. The van der Waals surface area contributed by atoms with Crippen LogP contribution in [-0.4, -0.2) is 60.9 Å². The lowest BCUT2D eigenvalue weighted by Gasteiger charge is -2.36. The van der Waals surface area contributed by atoms with Crippen molar-refractivity contribution in [3.63, 3.8) is 0 Å². The molecule has 1 saturated heterocycles. The number of nitrogens with zero attached hydrogens (tertiary/aromatic N) is 3. The number of guanidine groups is 1. The fourth-order valence-electron chi connectivity index (χ4n) is 2.65. The standard InChI is InChI=1S/C17H28N4O2/c1-3-5-6-9-19-17(18-4-2)21-12-10-20(11-13-21)16(22)15-8-7-14-23-15/h7-8,14H,3-6,9-13H2,1-2H3,(H,18,19). The van der Waals surface area contributed by atoms with Gasteiger partial charge in [-0.15, -0.1) is 0 Å². The Morgan fingerprint density at radius 2 is 1.96 bits per heavy atom. The summed E-state index contributed by atoms with van der Waals surface area (Å²) in [5.41, 5.74) is 0. The zero-order valence-corrected chi connectivity index (χ0v) is 14.3. The Kier molecular flexibility index (Phi) is 6.97. The predicted molar refractivity (Wildman–Crippen MR) is 91.7 cm³/mol. The van der Waals surface area contributed by atoms with Gasteiger partial charge in [0.1, 0.15) is 0 Å². The summed E-state index contributed by atoms with van der Waals surface area (Å²) in [7, 11) is 0. The van der Waals surface area contributed by atoms with E-state index in [9.17, 15) is 4.79 Å². The summed E-state index contributed by atoms with van der Waals surface area (Å²) in [4.78, 5) is 21.1. The quantitative estimate of drug-likeness (QED) is 0.496. The minimum Gasteiger partial charge on any atom is -0.459 e. The second kappa shape index (κ2) is 9.22. The maximum Gasteiger partial charge on any atom is 0.289 e. The van der Waals surface area contributed by atoms with Crippen molar-refractivity contribution in [1.29, 1.82) is 0 Å². The van der Waals surface area contributed by atoms with E-state index in [1.807, 2.05) is 4.90 Å². The number of carbonyl (C=O) groups excluding carboxylic acids is 1. The average Bonchev–Trinajstić information content (AvgIpc) is 3.12. The van der Waals surface area contributed by atoms with Gasteiger partial charge in [0.25, 0.3) is 5.91 Å². The van der Waals surface area contributed by atoms with Gasteiger partial charge in [-0.2, -0.15) is 0 Å². The van der Waals surface area contributed by atoms with Gasteiger partial charge in [0, 0.05) is 39.3 Å². The van der Waals surface area contributed by atoms with Gasteiger partial charge in [-0.3, -0.25) is 9.79 Å². The minimum atomic E-state index is -0.0282. The number of furan rings is 1. The third-order valence-electron chi connectivity index (χ3n) is 3.96. The van der Waals surface area contributed by atoms with Crippen LogP contribution >= 0.6 is 0 Å². The van der Waals surface area contributed by atoms with Crippen LogP contribution in [0.15, 0.2) is 27.8 Å². The van der Waals surface area contributed by atoms with Crippen molar-refractivity contribution in [3.05, 3.63) is 24.2 Å². The van der Waals surface area contributed by atoms with Gasteiger partial charge < -0.3 is 19.5 Å².